The second-order valence-electron chi connectivity index (χ2n) is 6.15. The number of hydrogen-bond donors (Lipinski definition) is 3. The molecular weight excluding hydrogens is 280 g/mol. The molecule has 5 heteroatoms. The highest BCUT2D eigenvalue weighted by atomic mass is 16.3. The Bertz CT molecular complexity index is 676. The van der Waals surface area contributed by atoms with Gasteiger partial charge in [-0.3, -0.25) is 9.78 Å². The number of phenols is 2. The Morgan fingerprint density at radius 3 is 2.50 bits per heavy atom. The molecule has 2 aromatic rings. The minimum Gasteiger partial charge on any atom is -0.506 e. The molecular formula is C17H20N2O3. The van der Waals surface area contributed by atoms with E-state index in [0.29, 0.717) is 11.3 Å². The van der Waals surface area contributed by atoms with Crippen molar-refractivity contribution in [3.63, 3.8) is 0 Å². The minimum absolute atomic E-state index is 0.0355. The van der Waals surface area contributed by atoms with Gasteiger partial charge in [-0.05, 0) is 23.6 Å². The van der Waals surface area contributed by atoms with Crippen molar-refractivity contribution < 1.29 is 15.0 Å². The predicted octanol–water partition coefficient (Wildman–Crippen LogP) is 2.97. The number of aromatic nitrogens is 1. The number of aromatic hydroxyl groups is 2. The zero-order chi connectivity index (χ0) is 16.3. The van der Waals surface area contributed by atoms with Crippen LogP contribution in [0.1, 0.15) is 32.0 Å². The summed E-state index contributed by atoms with van der Waals surface area (Å²) in [5.41, 5.74) is 0.996. The molecule has 0 aliphatic rings. The number of amides is 1. The van der Waals surface area contributed by atoms with Gasteiger partial charge in [0.1, 0.15) is 17.2 Å². The Kier molecular flexibility index (Phi) is 4.35. The average molecular weight is 300 g/mol. The first kappa shape index (κ1) is 15.8. The van der Waals surface area contributed by atoms with Crippen molar-refractivity contribution in [2.75, 3.05) is 5.32 Å². The van der Waals surface area contributed by atoms with E-state index in [1.165, 1.54) is 6.07 Å². The van der Waals surface area contributed by atoms with Crippen molar-refractivity contribution in [3.8, 4) is 11.5 Å². The molecule has 0 saturated heterocycles. The van der Waals surface area contributed by atoms with Crippen LogP contribution in [0.5, 0.6) is 11.5 Å². The maximum Gasteiger partial charge on any atom is 0.230 e. The predicted molar refractivity (Wildman–Crippen MR) is 85.0 cm³/mol. The van der Waals surface area contributed by atoms with E-state index in [-0.39, 0.29) is 34.9 Å². The number of pyridine rings is 1. The van der Waals surface area contributed by atoms with E-state index < -0.39 is 0 Å². The number of rotatable bonds is 3. The number of hydrogen-bond acceptors (Lipinski definition) is 4. The van der Waals surface area contributed by atoms with Crippen LogP contribution in [0, 0.1) is 0 Å². The lowest BCUT2D eigenvalue weighted by Crippen LogP contribution is -2.17. The number of nitrogens with zero attached hydrogens (tertiary/aromatic N) is 1. The molecule has 2 rings (SSSR count). The lowest BCUT2D eigenvalue weighted by atomic mass is 9.86. The lowest BCUT2D eigenvalue weighted by Gasteiger charge is -2.22. The smallest absolute Gasteiger partial charge is 0.230 e. The minimum atomic E-state index is -0.352. The summed E-state index contributed by atoms with van der Waals surface area (Å²) in [6.45, 7) is 5.83. The SMILES string of the molecule is CC(C)(C)c1ccc(O)c(NC(=O)Cc2ccccn2)c1O. The number of carbonyl (C=O) groups excluding carboxylic acids is 1. The largest absolute Gasteiger partial charge is 0.506 e. The second kappa shape index (κ2) is 6.05. The summed E-state index contributed by atoms with van der Waals surface area (Å²) < 4.78 is 0. The van der Waals surface area contributed by atoms with Crippen LogP contribution in [-0.4, -0.2) is 21.1 Å². The summed E-state index contributed by atoms with van der Waals surface area (Å²) in [6.07, 6.45) is 1.68. The van der Waals surface area contributed by atoms with Crippen molar-refractivity contribution in [3.05, 3.63) is 47.8 Å². The molecule has 0 fully saturated rings. The van der Waals surface area contributed by atoms with Crippen LogP contribution < -0.4 is 5.32 Å². The van der Waals surface area contributed by atoms with E-state index in [1.807, 2.05) is 20.8 Å². The fourth-order valence-corrected chi connectivity index (χ4v) is 2.16. The Balaban J connectivity index is 2.24. The molecule has 0 spiro atoms. The maximum atomic E-state index is 12.1. The lowest BCUT2D eigenvalue weighted by molar-refractivity contribution is -0.115. The van der Waals surface area contributed by atoms with Gasteiger partial charge >= 0.3 is 0 Å². The molecule has 3 N–H and O–H groups in total. The van der Waals surface area contributed by atoms with Crippen LogP contribution in [0.2, 0.25) is 0 Å². The van der Waals surface area contributed by atoms with Crippen LogP contribution in [0.3, 0.4) is 0 Å². The van der Waals surface area contributed by atoms with Gasteiger partial charge in [-0.2, -0.15) is 0 Å². The third-order valence-corrected chi connectivity index (χ3v) is 3.30. The molecule has 22 heavy (non-hydrogen) atoms. The first-order chi connectivity index (χ1) is 10.3. The zero-order valence-electron chi connectivity index (χ0n) is 12.9. The van der Waals surface area contributed by atoms with Crippen molar-refractivity contribution in [1.29, 1.82) is 0 Å². The highest BCUT2D eigenvalue weighted by Crippen LogP contribution is 2.41. The van der Waals surface area contributed by atoms with Gasteiger partial charge in [0.25, 0.3) is 0 Å². The zero-order valence-corrected chi connectivity index (χ0v) is 12.9. The number of phenolic OH excluding ortho intramolecular Hbond substituents is 2. The Morgan fingerprint density at radius 2 is 1.91 bits per heavy atom. The monoisotopic (exact) mass is 300 g/mol. The van der Waals surface area contributed by atoms with Crippen LogP contribution in [0.15, 0.2) is 36.5 Å². The van der Waals surface area contributed by atoms with E-state index in [1.54, 1.807) is 30.5 Å². The molecule has 0 aliphatic carbocycles. The van der Waals surface area contributed by atoms with Crippen molar-refractivity contribution >= 4 is 11.6 Å². The Morgan fingerprint density at radius 1 is 1.18 bits per heavy atom. The highest BCUT2D eigenvalue weighted by molar-refractivity contribution is 5.95. The maximum absolute atomic E-state index is 12.1. The van der Waals surface area contributed by atoms with E-state index >= 15 is 0 Å². The van der Waals surface area contributed by atoms with Crippen molar-refractivity contribution in [2.24, 2.45) is 0 Å². The number of benzene rings is 1. The molecule has 116 valence electrons. The molecule has 0 radical (unpaired) electrons. The van der Waals surface area contributed by atoms with Gasteiger partial charge in [-0.15, -0.1) is 0 Å². The van der Waals surface area contributed by atoms with Gasteiger partial charge in [0.2, 0.25) is 5.91 Å². The van der Waals surface area contributed by atoms with Crippen LogP contribution in [0.25, 0.3) is 0 Å². The molecule has 1 amide bonds. The fourth-order valence-electron chi connectivity index (χ4n) is 2.16. The Hall–Kier alpha value is -2.56. The summed E-state index contributed by atoms with van der Waals surface area (Å²) in [6, 6.07) is 8.43. The summed E-state index contributed by atoms with van der Waals surface area (Å²) in [4.78, 5) is 16.2. The summed E-state index contributed by atoms with van der Waals surface area (Å²) in [5.74, 6) is -0.628. The van der Waals surface area contributed by atoms with Gasteiger partial charge < -0.3 is 15.5 Å². The topological polar surface area (TPSA) is 82.5 Å². The third kappa shape index (κ3) is 3.55. The van der Waals surface area contributed by atoms with Gasteiger partial charge in [0.15, 0.2) is 0 Å². The number of nitrogens with one attached hydrogen (secondary N) is 1. The van der Waals surface area contributed by atoms with Crippen molar-refractivity contribution in [2.45, 2.75) is 32.6 Å². The molecule has 1 aromatic carbocycles. The molecule has 1 aromatic heterocycles. The molecule has 1 heterocycles. The van der Waals surface area contributed by atoms with E-state index in [9.17, 15) is 15.0 Å². The van der Waals surface area contributed by atoms with E-state index in [2.05, 4.69) is 10.3 Å². The van der Waals surface area contributed by atoms with Crippen LogP contribution in [-0.2, 0) is 16.6 Å². The van der Waals surface area contributed by atoms with Gasteiger partial charge in [-0.25, -0.2) is 0 Å². The van der Waals surface area contributed by atoms with E-state index in [4.69, 9.17) is 0 Å². The fraction of sp³-hybridized carbons (Fsp3) is 0.294. The second-order valence-corrected chi connectivity index (χ2v) is 6.15. The average Bonchev–Trinajstić information content (AvgIpc) is 2.43. The van der Waals surface area contributed by atoms with E-state index in [0.717, 1.165) is 0 Å². The van der Waals surface area contributed by atoms with Gasteiger partial charge in [0.05, 0.1) is 6.42 Å². The molecule has 0 saturated carbocycles. The number of carbonyl (C=O) groups is 1. The molecule has 0 bridgehead atoms. The summed E-state index contributed by atoms with van der Waals surface area (Å²) in [5, 5.41) is 22.8. The molecule has 0 unspecified atom stereocenters. The highest BCUT2D eigenvalue weighted by Gasteiger charge is 2.23. The van der Waals surface area contributed by atoms with Crippen LogP contribution in [0.4, 0.5) is 5.69 Å². The van der Waals surface area contributed by atoms with Crippen molar-refractivity contribution in [1.82, 2.24) is 4.98 Å². The van der Waals surface area contributed by atoms with Gasteiger partial charge in [-0.1, -0.05) is 32.9 Å². The quantitative estimate of drug-likeness (QED) is 0.761. The molecule has 0 aliphatic heterocycles. The Labute approximate surface area is 129 Å². The summed E-state index contributed by atoms with van der Waals surface area (Å²) in [7, 11) is 0. The number of anilines is 1. The first-order valence-corrected chi connectivity index (χ1v) is 7.04. The third-order valence-electron chi connectivity index (χ3n) is 3.30. The van der Waals surface area contributed by atoms with Gasteiger partial charge in [0, 0.05) is 17.5 Å². The summed E-state index contributed by atoms with van der Waals surface area (Å²) >= 11 is 0. The standard InChI is InChI=1S/C17H20N2O3/c1-17(2,3)12-7-8-13(20)15(16(12)22)19-14(21)10-11-6-4-5-9-18-11/h4-9,20,22H,10H2,1-3H3,(H,19,21). The normalized spacial score (nSPS) is 11.2. The first-order valence-electron chi connectivity index (χ1n) is 7.04. The van der Waals surface area contributed by atoms with Crippen LogP contribution >= 0.6 is 0 Å². The molecule has 0 atom stereocenters. The molecule has 5 nitrogen and oxygen atoms in total.